The van der Waals surface area contributed by atoms with Crippen LogP contribution in [0.1, 0.15) is 52.9 Å². The number of allylic oxidation sites excluding steroid dienone is 6. The number of nitrogens with zero attached hydrogens (tertiary/aromatic N) is 1. The lowest BCUT2D eigenvalue weighted by Gasteiger charge is -2.23. The summed E-state index contributed by atoms with van der Waals surface area (Å²) in [7, 11) is 0. The number of nitrogens with one attached hydrogen (secondary N) is 1. The molecule has 0 radical (unpaired) electrons. The quantitative estimate of drug-likeness (QED) is 0.611. The third-order valence-corrected chi connectivity index (χ3v) is 5.79. The number of rotatable bonds is 8. The summed E-state index contributed by atoms with van der Waals surface area (Å²) in [6.07, 6.45) is 14.8. The lowest BCUT2D eigenvalue weighted by atomic mass is 9.91. The highest BCUT2D eigenvalue weighted by molar-refractivity contribution is 5.97. The summed E-state index contributed by atoms with van der Waals surface area (Å²) in [6.45, 7) is 16.0. The Morgan fingerprint density at radius 1 is 1.34 bits per heavy atom. The predicted octanol–water partition coefficient (Wildman–Crippen LogP) is 5.68. The van der Waals surface area contributed by atoms with Gasteiger partial charge in [0.15, 0.2) is 0 Å². The standard InChI is InChI=1S/C27H34N2/c1-6-8-12-25-17-27(20(4)18-28-25)21(5)29-26-14-13-19(3)24(16-26)15-22(7-2)23-10-9-11-23/h7,10,13-17,20,29H,3,5-6,8-9,11-12,18H2,1-2,4H3/b22-7?,24-15-. The Morgan fingerprint density at radius 2 is 2.14 bits per heavy atom. The molecule has 1 heterocycles. The number of dihydropyridines is 1. The molecule has 152 valence electrons. The van der Waals surface area contributed by atoms with Gasteiger partial charge in [-0.05, 0) is 84.0 Å². The number of hydrogen-bond donors (Lipinski definition) is 1. The van der Waals surface area contributed by atoms with Gasteiger partial charge in [-0.25, -0.2) is 0 Å². The molecule has 0 bridgehead atoms. The van der Waals surface area contributed by atoms with Crippen molar-refractivity contribution in [3.63, 3.8) is 0 Å². The molecule has 1 N–H and O–H groups in total. The number of benzene rings is 1. The van der Waals surface area contributed by atoms with E-state index in [-0.39, 0.29) is 0 Å². The van der Waals surface area contributed by atoms with E-state index in [2.05, 4.69) is 81.7 Å². The molecule has 0 saturated heterocycles. The van der Waals surface area contributed by atoms with Gasteiger partial charge < -0.3 is 5.32 Å². The molecule has 0 spiro atoms. The maximum absolute atomic E-state index is 4.73. The second kappa shape index (κ2) is 9.73. The predicted molar refractivity (Wildman–Crippen MR) is 129 cm³/mol. The van der Waals surface area contributed by atoms with Gasteiger partial charge in [0.25, 0.3) is 0 Å². The first-order valence-corrected chi connectivity index (χ1v) is 10.9. The van der Waals surface area contributed by atoms with Crippen molar-refractivity contribution in [2.45, 2.75) is 52.9 Å². The van der Waals surface area contributed by atoms with Gasteiger partial charge in [0.2, 0.25) is 0 Å². The summed E-state index contributed by atoms with van der Waals surface area (Å²) < 4.78 is 0. The van der Waals surface area contributed by atoms with Crippen molar-refractivity contribution in [2.24, 2.45) is 10.9 Å². The summed E-state index contributed by atoms with van der Waals surface area (Å²) in [5, 5.41) is 5.73. The number of anilines is 1. The van der Waals surface area contributed by atoms with E-state index in [1.165, 1.54) is 48.1 Å². The van der Waals surface area contributed by atoms with Gasteiger partial charge in [0.1, 0.15) is 0 Å². The van der Waals surface area contributed by atoms with E-state index >= 15 is 0 Å². The highest BCUT2D eigenvalue weighted by atomic mass is 14.9. The zero-order valence-corrected chi connectivity index (χ0v) is 18.2. The molecule has 0 amide bonds. The van der Waals surface area contributed by atoms with E-state index in [4.69, 9.17) is 4.99 Å². The zero-order chi connectivity index (χ0) is 20.8. The molecule has 3 rings (SSSR count). The van der Waals surface area contributed by atoms with Crippen LogP contribution in [0.25, 0.3) is 12.7 Å². The van der Waals surface area contributed by atoms with Gasteiger partial charge in [-0.3, -0.25) is 4.99 Å². The number of hydrogen-bond acceptors (Lipinski definition) is 2. The van der Waals surface area contributed by atoms with E-state index in [0.717, 1.165) is 34.8 Å². The number of unbranched alkanes of at least 4 members (excludes halogenated alkanes) is 1. The van der Waals surface area contributed by atoms with E-state index in [0.29, 0.717) is 5.92 Å². The average molecular weight is 387 g/mol. The second-order valence-electron chi connectivity index (χ2n) is 8.11. The Balaban J connectivity index is 1.81. The van der Waals surface area contributed by atoms with Crippen LogP contribution in [-0.2, 0) is 0 Å². The largest absolute Gasteiger partial charge is 0.356 e. The Bertz CT molecular complexity index is 1000. The van der Waals surface area contributed by atoms with Gasteiger partial charge in [-0.15, -0.1) is 0 Å². The lowest BCUT2D eigenvalue weighted by Crippen LogP contribution is -2.24. The fraction of sp³-hybridized carbons (Fsp3) is 0.370. The van der Waals surface area contributed by atoms with Gasteiger partial charge in [-0.1, -0.05) is 51.6 Å². The third-order valence-electron chi connectivity index (χ3n) is 5.79. The summed E-state index contributed by atoms with van der Waals surface area (Å²) in [4.78, 5) is 4.73. The average Bonchev–Trinajstić information content (AvgIpc) is 2.67. The molecule has 2 heteroatoms. The summed E-state index contributed by atoms with van der Waals surface area (Å²) in [6, 6.07) is 6.34. The highest BCUT2D eigenvalue weighted by Gasteiger charge is 2.17. The monoisotopic (exact) mass is 386 g/mol. The first-order chi connectivity index (χ1) is 14.0. The van der Waals surface area contributed by atoms with Gasteiger partial charge in [-0.2, -0.15) is 0 Å². The molecule has 2 aliphatic rings. The van der Waals surface area contributed by atoms with Crippen molar-refractivity contribution in [1.82, 2.24) is 0 Å². The van der Waals surface area contributed by atoms with Gasteiger partial charge in [0, 0.05) is 29.6 Å². The summed E-state index contributed by atoms with van der Waals surface area (Å²) in [5.74, 6) is 0.388. The van der Waals surface area contributed by atoms with Crippen molar-refractivity contribution in [3.05, 3.63) is 75.9 Å². The molecule has 2 nitrogen and oxygen atoms in total. The van der Waals surface area contributed by atoms with Crippen LogP contribution in [0.2, 0.25) is 0 Å². The minimum atomic E-state index is 0.388. The maximum Gasteiger partial charge on any atom is 0.0459 e. The summed E-state index contributed by atoms with van der Waals surface area (Å²) in [5.41, 5.74) is 7.24. The fourth-order valence-corrected chi connectivity index (χ4v) is 3.75. The Labute approximate surface area is 175 Å². The molecule has 1 aromatic carbocycles. The molecular weight excluding hydrogens is 352 g/mol. The smallest absolute Gasteiger partial charge is 0.0459 e. The van der Waals surface area contributed by atoms with Crippen LogP contribution in [0.4, 0.5) is 5.69 Å². The Kier molecular flexibility index (Phi) is 7.09. The van der Waals surface area contributed by atoms with Crippen molar-refractivity contribution in [3.8, 4) is 0 Å². The minimum absolute atomic E-state index is 0.388. The second-order valence-corrected chi connectivity index (χ2v) is 8.11. The van der Waals surface area contributed by atoms with Crippen molar-refractivity contribution < 1.29 is 0 Å². The van der Waals surface area contributed by atoms with E-state index in [9.17, 15) is 0 Å². The molecule has 1 aliphatic heterocycles. The zero-order valence-electron chi connectivity index (χ0n) is 18.2. The molecule has 0 saturated carbocycles. The van der Waals surface area contributed by atoms with Gasteiger partial charge >= 0.3 is 0 Å². The Morgan fingerprint density at radius 3 is 2.79 bits per heavy atom. The molecule has 0 aromatic heterocycles. The fourth-order valence-electron chi connectivity index (χ4n) is 3.75. The van der Waals surface area contributed by atoms with Crippen LogP contribution in [0.15, 0.2) is 70.4 Å². The van der Waals surface area contributed by atoms with E-state index < -0.39 is 0 Å². The van der Waals surface area contributed by atoms with Crippen molar-refractivity contribution >= 4 is 24.1 Å². The molecule has 1 aliphatic carbocycles. The van der Waals surface area contributed by atoms with Gasteiger partial charge in [0.05, 0.1) is 0 Å². The maximum atomic E-state index is 4.73. The van der Waals surface area contributed by atoms with Crippen molar-refractivity contribution in [1.29, 1.82) is 0 Å². The first kappa shape index (κ1) is 21.1. The first-order valence-electron chi connectivity index (χ1n) is 10.9. The molecule has 29 heavy (non-hydrogen) atoms. The summed E-state index contributed by atoms with van der Waals surface area (Å²) >= 11 is 0. The third kappa shape index (κ3) is 5.26. The van der Waals surface area contributed by atoms with Crippen LogP contribution in [0.3, 0.4) is 0 Å². The SMILES string of the molecule is C=C(Nc1ccc(=C)/c(=C\C(=CC)C2=CCC2)c1)C1=CC(CCCC)=NCC1C. The highest BCUT2D eigenvalue weighted by Crippen LogP contribution is 2.27. The number of aliphatic imine (C=N–C) groups is 1. The minimum Gasteiger partial charge on any atom is -0.356 e. The van der Waals surface area contributed by atoms with Crippen molar-refractivity contribution in [2.75, 3.05) is 11.9 Å². The molecule has 1 atom stereocenters. The topological polar surface area (TPSA) is 24.4 Å². The van der Waals surface area contributed by atoms with Crippen LogP contribution in [0.5, 0.6) is 0 Å². The van der Waals surface area contributed by atoms with E-state index in [1.54, 1.807) is 0 Å². The van der Waals surface area contributed by atoms with Crippen LogP contribution >= 0.6 is 0 Å². The van der Waals surface area contributed by atoms with E-state index in [1.807, 2.05) is 0 Å². The normalized spacial score (nSPS) is 19.8. The van der Waals surface area contributed by atoms with Crippen LogP contribution in [-0.4, -0.2) is 12.3 Å². The molecule has 1 unspecified atom stereocenters. The van der Waals surface area contributed by atoms with Crippen LogP contribution < -0.4 is 15.8 Å². The Hall–Kier alpha value is -2.61. The van der Waals surface area contributed by atoms with Crippen LogP contribution in [0, 0.1) is 5.92 Å². The lowest BCUT2D eigenvalue weighted by molar-refractivity contribution is 0.689. The molecule has 0 fully saturated rings. The molecular formula is C27H34N2. The molecule has 1 aromatic rings.